The number of carbonyl (C=O) groups excluding carboxylic acids is 1. The van der Waals surface area contributed by atoms with Crippen molar-refractivity contribution >= 4 is 17.3 Å². The van der Waals surface area contributed by atoms with Gasteiger partial charge in [0.15, 0.2) is 11.5 Å². The van der Waals surface area contributed by atoms with Gasteiger partial charge in [-0.2, -0.15) is 0 Å². The van der Waals surface area contributed by atoms with E-state index in [0.29, 0.717) is 23.6 Å². The Labute approximate surface area is 179 Å². The molecule has 0 aliphatic carbocycles. The zero-order chi connectivity index (χ0) is 22.0. The third kappa shape index (κ3) is 4.66. The first-order valence-electron chi connectivity index (χ1n) is 9.89. The Balaban J connectivity index is 1.39. The lowest BCUT2D eigenvalue weighted by molar-refractivity contribution is -0.384. The second-order valence-corrected chi connectivity index (χ2v) is 8.03. The van der Waals surface area contributed by atoms with Crippen LogP contribution in [0.2, 0.25) is 0 Å². The molecule has 0 spiro atoms. The van der Waals surface area contributed by atoms with Crippen molar-refractivity contribution in [3.8, 4) is 11.5 Å². The molecule has 1 heterocycles. The molecule has 4 rings (SSSR count). The molecule has 0 bridgehead atoms. The number of nitrogens with one attached hydrogen (secondary N) is 1. The Morgan fingerprint density at radius 2 is 1.87 bits per heavy atom. The molecular weight excluding hydrogens is 396 g/mol. The Hall–Kier alpha value is -3.87. The van der Waals surface area contributed by atoms with Gasteiger partial charge in [-0.05, 0) is 43.7 Å². The van der Waals surface area contributed by atoms with Crippen molar-refractivity contribution in [2.75, 3.05) is 5.32 Å². The molecule has 0 saturated carbocycles. The standard InChI is InChI=1S/C24H22N2O5/c1-24(2)14-18-5-3-8-21(22(18)31-24)30-15-16-9-11-17(12-10-16)23(27)25-19-6-4-7-20(13-19)26(28)29/h3-13H,14-15H2,1-2H3,(H,25,27). The average Bonchev–Trinajstić information content (AvgIpc) is 3.07. The van der Waals surface area contributed by atoms with E-state index < -0.39 is 4.92 Å². The summed E-state index contributed by atoms with van der Waals surface area (Å²) in [6.07, 6.45) is 0.841. The van der Waals surface area contributed by atoms with Crippen LogP contribution in [0.15, 0.2) is 66.7 Å². The number of benzene rings is 3. The van der Waals surface area contributed by atoms with Crippen molar-refractivity contribution in [1.29, 1.82) is 0 Å². The monoisotopic (exact) mass is 418 g/mol. The molecule has 0 radical (unpaired) electrons. The molecular formula is C24H22N2O5. The normalized spacial score (nSPS) is 13.7. The molecule has 1 amide bonds. The molecule has 0 saturated heterocycles. The fourth-order valence-electron chi connectivity index (χ4n) is 3.51. The third-order valence-electron chi connectivity index (χ3n) is 4.98. The van der Waals surface area contributed by atoms with Crippen LogP contribution in [0.1, 0.15) is 35.3 Å². The van der Waals surface area contributed by atoms with E-state index in [4.69, 9.17) is 9.47 Å². The van der Waals surface area contributed by atoms with Gasteiger partial charge in [-0.25, -0.2) is 0 Å². The van der Waals surface area contributed by atoms with Crippen LogP contribution >= 0.6 is 0 Å². The number of hydrogen-bond acceptors (Lipinski definition) is 5. The first kappa shape index (κ1) is 20.4. The minimum Gasteiger partial charge on any atom is -0.485 e. The molecule has 1 aliphatic rings. The summed E-state index contributed by atoms with van der Waals surface area (Å²) < 4.78 is 12.0. The van der Waals surface area contributed by atoms with E-state index in [-0.39, 0.29) is 17.2 Å². The highest BCUT2D eigenvalue weighted by Gasteiger charge is 2.32. The van der Waals surface area contributed by atoms with E-state index in [0.717, 1.165) is 23.3 Å². The fraction of sp³-hybridized carbons (Fsp3) is 0.208. The number of ether oxygens (including phenoxy) is 2. The first-order valence-corrected chi connectivity index (χ1v) is 9.89. The summed E-state index contributed by atoms with van der Waals surface area (Å²) >= 11 is 0. The molecule has 0 aromatic heterocycles. The number of rotatable bonds is 6. The Morgan fingerprint density at radius 3 is 2.61 bits per heavy atom. The predicted molar refractivity (Wildman–Crippen MR) is 117 cm³/mol. The van der Waals surface area contributed by atoms with E-state index >= 15 is 0 Å². The number of non-ortho nitro benzene ring substituents is 1. The van der Waals surface area contributed by atoms with Gasteiger partial charge in [-0.1, -0.05) is 30.3 Å². The third-order valence-corrected chi connectivity index (χ3v) is 4.98. The molecule has 7 heteroatoms. The van der Waals surface area contributed by atoms with Crippen LogP contribution < -0.4 is 14.8 Å². The van der Waals surface area contributed by atoms with Gasteiger partial charge in [0.1, 0.15) is 12.2 Å². The highest BCUT2D eigenvalue weighted by Crippen LogP contribution is 2.41. The fourth-order valence-corrected chi connectivity index (χ4v) is 3.51. The van der Waals surface area contributed by atoms with Crippen LogP contribution in [0.4, 0.5) is 11.4 Å². The smallest absolute Gasteiger partial charge is 0.271 e. The zero-order valence-electron chi connectivity index (χ0n) is 17.3. The van der Waals surface area contributed by atoms with Crippen LogP contribution in [0.25, 0.3) is 0 Å². The molecule has 1 aliphatic heterocycles. The summed E-state index contributed by atoms with van der Waals surface area (Å²) in [6.45, 7) is 4.44. The number of anilines is 1. The highest BCUT2D eigenvalue weighted by atomic mass is 16.6. The maximum absolute atomic E-state index is 12.4. The summed E-state index contributed by atoms with van der Waals surface area (Å²) in [5.74, 6) is 1.15. The lowest BCUT2D eigenvalue weighted by Gasteiger charge is -2.18. The molecule has 3 aromatic rings. The number of nitro groups is 1. The summed E-state index contributed by atoms with van der Waals surface area (Å²) in [7, 11) is 0. The molecule has 0 fully saturated rings. The quantitative estimate of drug-likeness (QED) is 0.442. The summed E-state index contributed by atoms with van der Waals surface area (Å²) in [6, 6.07) is 18.7. The maximum Gasteiger partial charge on any atom is 0.271 e. The summed E-state index contributed by atoms with van der Waals surface area (Å²) in [5.41, 5.74) is 2.53. The maximum atomic E-state index is 12.4. The SMILES string of the molecule is CC1(C)Cc2cccc(OCc3ccc(C(=O)Nc4cccc([N+](=O)[O-])c4)cc3)c2O1. The number of para-hydroxylation sites is 1. The number of hydrogen-bond donors (Lipinski definition) is 1. The van der Waals surface area contributed by atoms with Crippen molar-refractivity contribution in [2.45, 2.75) is 32.5 Å². The molecule has 0 atom stereocenters. The van der Waals surface area contributed by atoms with Crippen LogP contribution in [0, 0.1) is 10.1 Å². The number of carbonyl (C=O) groups is 1. The molecule has 3 aromatic carbocycles. The minimum atomic E-state index is -0.501. The summed E-state index contributed by atoms with van der Waals surface area (Å²) in [5, 5.41) is 13.6. The Morgan fingerprint density at radius 1 is 1.13 bits per heavy atom. The lowest BCUT2D eigenvalue weighted by Crippen LogP contribution is -2.24. The number of fused-ring (bicyclic) bond motifs is 1. The van der Waals surface area contributed by atoms with E-state index in [2.05, 4.69) is 5.32 Å². The Kier molecular flexibility index (Phi) is 5.33. The first-order chi connectivity index (χ1) is 14.8. The van der Waals surface area contributed by atoms with Gasteiger partial charge in [0.25, 0.3) is 11.6 Å². The molecule has 31 heavy (non-hydrogen) atoms. The van der Waals surface area contributed by atoms with Crippen molar-refractivity contribution in [2.24, 2.45) is 0 Å². The lowest BCUT2D eigenvalue weighted by atomic mass is 10.0. The topological polar surface area (TPSA) is 90.7 Å². The Bertz CT molecular complexity index is 1140. The van der Waals surface area contributed by atoms with E-state index in [9.17, 15) is 14.9 Å². The van der Waals surface area contributed by atoms with Gasteiger partial charge in [-0.3, -0.25) is 14.9 Å². The molecule has 0 unspecified atom stereocenters. The minimum absolute atomic E-state index is 0.0786. The van der Waals surface area contributed by atoms with E-state index in [1.54, 1.807) is 18.2 Å². The van der Waals surface area contributed by atoms with Crippen LogP contribution in [0.3, 0.4) is 0 Å². The van der Waals surface area contributed by atoms with Crippen molar-refractivity contribution in [1.82, 2.24) is 0 Å². The van der Waals surface area contributed by atoms with Crippen molar-refractivity contribution in [3.05, 3.63) is 93.5 Å². The van der Waals surface area contributed by atoms with Gasteiger partial charge in [-0.15, -0.1) is 0 Å². The number of nitro benzene ring substituents is 1. The van der Waals surface area contributed by atoms with Crippen molar-refractivity contribution < 1.29 is 19.2 Å². The van der Waals surface area contributed by atoms with Gasteiger partial charge < -0.3 is 14.8 Å². The molecule has 7 nitrogen and oxygen atoms in total. The van der Waals surface area contributed by atoms with Crippen LogP contribution in [0.5, 0.6) is 11.5 Å². The zero-order valence-corrected chi connectivity index (χ0v) is 17.3. The second-order valence-electron chi connectivity index (χ2n) is 8.03. The number of amides is 1. The van der Waals surface area contributed by atoms with E-state index in [1.165, 1.54) is 18.2 Å². The van der Waals surface area contributed by atoms with Crippen LogP contribution in [-0.2, 0) is 13.0 Å². The molecule has 1 N–H and O–H groups in total. The average molecular weight is 418 g/mol. The van der Waals surface area contributed by atoms with Gasteiger partial charge in [0.2, 0.25) is 0 Å². The largest absolute Gasteiger partial charge is 0.485 e. The highest BCUT2D eigenvalue weighted by molar-refractivity contribution is 6.04. The van der Waals surface area contributed by atoms with E-state index in [1.807, 2.05) is 44.2 Å². The summed E-state index contributed by atoms with van der Waals surface area (Å²) in [4.78, 5) is 22.8. The van der Waals surface area contributed by atoms with Gasteiger partial charge >= 0.3 is 0 Å². The van der Waals surface area contributed by atoms with Gasteiger partial charge in [0.05, 0.1) is 4.92 Å². The second kappa shape index (κ2) is 8.10. The van der Waals surface area contributed by atoms with Crippen molar-refractivity contribution in [3.63, 3.8) is 0 Å². The van der Waals surface area contributed by atoms with Gasteiger partial charge in [0, 0.05) is 35.4 Å². The predicted octanol–water partition coefficient (Wildman–Crippen LogP) is 5.14. The number of nitrogens with zero attached hydrogens (tertiary/aromatic N) is 1. The molecule has 158 valence electrons. The van der Waals surface area contributed by atoms with Crippen LogP contribution in [-0.4, -0.2) is 16.4 Å².